The minimum Gasteiger partial charge on any atom is -0.393 e. The third-order valence-corrected chi connectivity index (χ3v) is 3.42. The molecule has 0 aromatic heterocycles. The predicted molar refractivity (Wildman–Crippen MR) is 71.8 cm³/mol. The quantitative estimate of drug-likeness (QED) is 0.502. The summed E-state index contributed by atoms with van der Waals surface area (Å²) in [6, 6.07) is 4.22. The molecule has 1 aromatic rings. The second-order valence-electron chi connectivity index (χ2n) is 5.03. The molecule has 1 fully saturated rings. The number of benzene rings is 1. The lowest BCUT2D eigenvalue weighted by Crippen LogP contribution is -2.39. The van der Waals surface area contributed by atoms with Crippen molar-refractivity contribution in [1.29, 1.82) is 0 Å². The summed E-state index contributed by atoms with van der Waals surface area (Å²) in [5.41, 5.74) is 5.72. The van der Waals surface area contributed by atoms with E-state index in [9.17, 15) is 14.9 Å². The van der Waals surface area contributed by atoms with Crippen LogP contribution in [0.3, 0.4) is 0 Å². The SMILES string of the molecule is CC1CCCN(C(=O)c2ccc(N)c([N+](=O)[O-])c2)C1. The van der Waals surface area contributed by atoms with E-state index in [2.05, 4.69) is 6.92 Å². The Morgan fingerprint density at radius 2 is 2.26 bits per heavy atom. The third kappa shape index (κ3) is 2.83. The van der Waals surface area contributed by atoms with Gasteiger partial charge in [0.2, 0.25) is 0 Å². The van der Waals surface area contributed by atoms with Crippen molar-refractivity contribution in [2.45, 2.75) is 19.8 Å². The van der Waals surface area contributed by atoms with Crippen LogP contribution in [0.5, 0.6) is 0 Å². The molecule has 1 heterocycles. The van der Waals surface area contributed by atoms with Crippen LogP contribution in [0.1, 0.15) is 30.1 Å². The van der Waals surface area contributed by atoms with Gasteiger partial charge in [0.25, 0.3) is 11.6 Å². The van der Waals surface area contributed by atoms with E-state index >= 15 is 0 Å². The minimum absolute atomic E-state index is 0.0774. The molecule has 0 saturated carbocycles. The lowest BCUT2D eigenvalue weighted by molar-refractivity contribution is -0.383. The standard InChI is InChI=1S/C13H17N3O3/c1-9-3-2-6-15(8-9)13(17)10-4-5-11(14)12(7-10)16(18)19/h4-5,7,9H,2-3,6,8,14H2,1H3. The van der Waals surface area contributed by atoms with Crippen molar-refractivity contribution < 1.29 is 9.72 Å². The fourth-order valence-corrected chi connectivity index (χ4v) is 2.39. The van der Waals surface area contributed by atoms with Gasteiger partial charge in [-0.25, -0.2) is 0 Å². The first-order valence-corrected chi connectivity index (χ1v) is 6.32. The lowest BCUT2D eigenvalue weighted by atomic mass is 9.99. The van der Waals surface area contributed by atoms with Crippen molar-refractivity contribution in [3.05, 3.63) is 33.9 Å². The lowest BCUT2D eigenvalue weighted by Gasteiger charge is -2.31. The molecule has 1 unspecified atom stereocenters. The highest BCUT2D eigenvalue weighted by molar-refractivity contribution is 5.95. The number of nitrogens with two attached hydrogens (primary N) is 1. The first-order chi connectivity index (χ1) is 8.99. The van der Waals surface area contributed by atoms with E-state index in [0.29, 0.717) is 24.6 Å². The molecule has 0 spiro atoms. The minimum atomic E-state index is -0.565. The molecule has 1 aliphatic rings. The van der Waals surface area contributed by atoms with Gasteiger partial charge in [0, 0.05) is 24.7 Å². The first-order valence-electron chi connectivity index (χ1n) is 6.32. The summed E-state index contributed by atoms with van der Waals surface area (Å²) in [5.74, 6) is 0.316. The number of rotatable bonds is 2. The fraction of sp³-hybridized carbons (Fsp3) is 0.462. The fourth-order valence-electron chi connectivity index (χ4n) is 2.39. The van der Waals surface area contributed by atoms with Crippen LogP contribution < -0.4 is 5.73 Å². The summed E-state index contributed by atoms with van der Waals surface area (Å²) in [6.45, 7) is 3.52. The molecule has 1 aliphatic heterocycles. The summed E-state index contributed by atoms with van der Waals surface area (Å²) in [7, 11) is 0. The molecule has 2 rings (SSSR count). The van der Waals surface area contributed by atoms with Crippen LogP contribution in [-0.2, 0) is 0 Å². The molecular formula is C13H17N3O3. The van der Waals surface area contributed by atoms with Crippen molar-refractivity contribution >= 4 is 17.3 Å². The third-order valence-electron chi connectivity index (χ3n) is 3.42. The molecular weight excluding hydrogens is 246 g/mol. The number of anilines is 1. The van der Waals surface area contributed by atoms with Crippen molar-refractivity contribution in [3.63, 3.8) is 0 Å². The second-order valence-corrected chi connectivity index (χ2v) is 5.03. The van der Waals surface area contributed by atoms with Crippen LogP contribution in [0.2, 0.25) is 0 Å². The number of nitrogen functional groups attached to an aromatic ring is 1. The zero-order valence-corrected chi connectivity index (χ0v) is 10.8. The maximum Gasteiger partial charge on any atom is 0.292 e. The van der Waals surface area contributed by atoms with Gasteiger partial charge >= 0.3 is 0 Å². The Morgan fingerprint density at radius 3 is 2.89 bits per heavy atom. The summed E-state index contributed by atoms with van der Waals surface area (Å²) >= 11 is 0. The molecule has 0 radical (unpaired) electrons. The molecule has 1 saturated heterocycles. The maximum absolute atomic E-state index is 12.3. The van der Waals surface area contributed by atoms with E-state index in [-0.39, 0.29) is 17.3 Å². The number of carbonyl (C=O) groups excluding carboxylic acids is 1. The Balaban J connectivity index is 2.24. The van der Waals surface area contributed by atoms with Gasteiger partial charge in [-0.05, 0) is 30.9 Å². The second kappa shape index (κ2) is 5.26. The number of hydrogen-bond acceptors (Lipinski definition) is 4. The van der Waals surface area contributed by atoms with E-state index in [4.69, 9.17) is 5.73 Å². The Kier molecular flexibility index (Phi) is 3.69. The largest absolute Gasteiger partial charge is 0.393 e. The highest BCUT2D eigenvalue weighted by Crippen LogP contribution is 2.24. The molecule has 0 bridgehead atoms. The van der Waals surface area contributed by atoms with Crippen molar-refractivity contribution in [3.8, 4) is 0 Å². The Hall–Kier alpha value is -2.11. The zero-order valence-electron chi connectivity index (χ0n) is 10.8. The van der Waals surface area contributed by atoms with E-state index in [0.717, 1.165) is 12.8 Å². The van der Waals surface area contributed by atoms with E-state index < -0.39 is 4.92 Å². The smallest absolute Gasteiger partial charge is 0.292 e. The van der Waals surface area contributed by atoms with E-state index in [1.165, 1.54) is 12.1 Å². The summed E-state index contributed by atoms with van der Waals surface area (Å²) in [5, 5.41) is 10.8. The van der Waals surface area contributed by atoms with Crippen LogP contribution in [0.25, 0.3) is 0 Å². The zero-order chi connectivity index (χ0) is 14.0. The van der Waals surface area contributed by atoms with Crippen molar-refractivity contribution in [2.24, 2.45) is 5.92 Å². The predicted octanol–water partition coefficient (Wildman–Crippen LogP) is 2.05. The molecule has 2 N–H and O–H groups in total. The van der Waals surface area contributed by atoms with Gasteiger partial charge in [0.05, 0.1) is 4.92 Å². The van der Waals surface area contributed by atoms with Gasteiger partial charge in [-0.2, -0.15) is 0 Å². The summed E-state index contributed by atoms with van der Waals surface area (Å²) < 4.78 is 0. The van der Waals surface area contributed by atoms with Gasteiger partial charge in [0.1, 0.15) is 5.69 Å². The van der Waals surface area contributed by atoms with Crippen LogP contribution in [0.4, 0.5) is 11.4 Å². The van der Waals surface area contributed by atoms with Crippen molar-refractivity contribution in [1.82, 2.24) is 4.90 Å². The Labute approximate surface area is 111 Å². The monoisotopic (exact) mass is 263 g/mol. The maximum atomic E-state index is 12.3. The van der Waals surface area contributed by atoms with Crippen LogP contribution in [-0.4, -0.2) is 28.8 Å². The molecule has 1 amide bonds. The van der Waals surface area contributed by atoms with Crippen LogP contribution in [0.15, 0.2) is 18.2 Å². The number of carbonyl (C=O) groups is 1. The van der Waals surface area contributed by atoms with Gasteiger partial charge in [-0.3, -0.25) is 14.9 Å². The number of likely N-dealkylation sites (tertiary alicyclic amines) is 1. The van der Waals surface area contributed by atoms with Gasteiger partial charge < -0.3 is 10.6 Å². The van der Waals surface area contributed by atoms with Gasteiger partial charge in [-0.1, -0.05) is 6.92 Å². The molecule has 6 heteroatoms. The number of hydrogen-bond donors (Lipinski definition) is 1. The number of nitrogens with zero attached hydrogens (tertiary/aromatic N) is 2. The number of amides is 1. The molecule has 102 valence electrons. The Bertz CT molecular complexity index is 516. The van der Waals surface area contributed by atoms with E-state index in [1.54, 1.807) is 11.0 Å². The van der Waals surface area contributed by atoms with E-state index in [1.807, 2.05) is 0 Å². The van der Waals surface area contributed by atoms with Gasteiger partial charge in [-0.15, -0.1) is 0 Å². The summed E-state index contributed by atoms with van der Waals surface area (Å²) in [4.78, 5) is 24.3. The molecule has 1 atom stereocenters. The normalized spacial score (nSPS) is 19.2. The molecule has 1 aromatic carbocycles. The molecule has 6 nitrogen and oxygen atoms in total. The topological polar surface area (TPSA) is 89.5 Å². The van der Waals surface area contributed by atoms with Crippen LogP contribution >= 0.6 is 0 Å². The van der Waals surface area contributed by atoms with Crippen molar-refractivity contribution in [2.75, 3.05) is 18.8 Å². The number of piperidine rings is 1. The number of nitro groups is 1. The number of nitro benzene ring substituents is 1. The highest BCUT2D eigenvalue weighted by Gasteiger charge is 2.24. The average Bonchev–Trinajstić information content (AvgIpc) is 2.38. The summed E-state index contributed by atoms with van der Waals surface area (Å²) in [6.07, 6.45) is 2.09. The first kappa shape index (κ1) is 13.3. The molecule has 0 aliphatic carbocycles. The van der Waals surface area contributed by atoms with Crippen LogP contribution in [0, 0.1) is 16.0 Å². The van der Waals surface area contributed by atoms with Gasteiger partial charge in [0.15, 0.2) is 0 Å². The average molecular weight is 263 g/mol. The Morgan fingerprint density at radius 1 is 1.53 bits per heavy atom. The molecule has 19 heavy (non-hydrogen) atoms. The highest BCUT2D eigenvalue weighted by atomic mass is 16.6.